The van der Waals surface area contributed by atoms with Gasteiger partial charge in [0.2, 0.25) is 0 Å². The Labute approximate surface area is 158 Å². The maximum atomic E-state index is 6.09. The number of hydrogen-bond acceptors (Lipinski definition) is 2. The Bertz CT molecular complexity index is 691. The summed E-state index contributed by atoms with van der Waals surface area (Å²) >= 11 is 3.52. The number of aromatic nitrogens is 1. The summed E-state index contributed by atoms with van der Waals surface area (Å²) in [5.74, 6) is 0.527. The van der Waals surface area contributed by atoms with E-state index in [1.807, 2.05) is 24.4 Å². The van der Waals surface area contributed by atoms with Gasteiger partial charge in [-0.1, -0.05) is 47.0 Å². The molecule has 25 heavy (non-hydrogen) atoms. The van der Waals surface area contributed by atoms with Gasteiger partial charge in [0.1, 0.15) is 0 Å². The standard InChI is InChI=1S/C20H25BrN4/c21-17-8-6-16(7-9-17)20(11-2-3-12-20)15-25-19(22)24-14-10-18-5-1-4-13-23-18/h1,4-9,13H,2-3,10-12,14-15H2,(H3,22,24,25). The van der Waals surface area contributed by atoms with Gasteiger partial charge in [-0.25, -0.2) is 0 Å². The highest BCUT2D eigenvalue weighted by Crippen LogP contribution is 2.41. The monoisotopic (exact) mass is 400 g/mol. The predicted molar refractivity (Wildman–Crippen MR) is 107 cm³/mol. The largest absolute Gasteiger partial charge is 0.370 e. The van der Waals surface area contributed by atoms with Gasteiger partial charge < -0.3 is 11.1 Å². The van der Waals surface area contributed by atoms with Crippen molar-refractivity contribution >= 4 is 21.9 Å². The summed E-state index contributed by atoms with van der Waals surface area (Å²) < 4.78 is 1.11. The van der Waals surface area contributed by atoms with E-state index in [1.54, 1.807) is 0 Å². The number of nitrogens with zero attached hydrogens (tertiary/aromatic N) is 2. The lowest BCUT2D eigenvalue weighted by Crippen LogP contribution is -2.35. The van der Waals surface area contributed by atoms with Crippen LogP contribution in [0.2, 0.25) is 0 Å². The highest BCUT2D eigenvalue weighted by Gasteiger charge is 2.35. The molecule has 0 atom stereocenters. The van der Waals surface area contributed by atoms with Crippen LogP contribution in [0.1, 0.15) is 36.9 Å². The van der Waals surface area contributed by atoms with Crippen molar-refractivity contribution in [1.29, 1.82) is 0 Å². The first-order valence-electron chi connectivity index (χ1n) is 8.88. The molecule has 0 bridgehead atoms. The molecule has 1 saturated carbocycles. The number of aliphatic imine (C=N–C) groups is 1. The van der Waals surface area contributed by atoms with Gasteiger partial charge in [0.15, 0.2) is 5.96 Å². The Morgan fingerprint density at radius 3 is 2.60 bits per heavy atom. The van der Waals surface area contributed by atoms with Crippen LogP contribution in [0.25, 0.3) is 0 Å². The molecule has 4 nitrogen and oxygen atoms in total. The van der Waals surface area contributed by atoms with Crippen LogP contribution in [0.4, 0.5) is 0 Å². The van der Waals surface area contributed by atoms with Crippen LogP contribution in [0.5, 0.6) is 0 Å². The molecule has 0 spiro atoms. The van der Waals surface area contributed by atoms with Crippen LogP contribution in [0.3, 0.4) is 0 Å². The number of hydrogen-bond donors (Lipinski definition) is 2. The second-order valence-electron chi connectivity index (χ2n) is 6.69. The first-order valence-corrected chi connectivity index (χ1v) is 9.67. The van der Waals surface area contributed by atoms with Crippen molar-refractivity contribution in [1.82, 2.24) is 10.3 Å². The fraction of sp³-hybridized carbons (Fsp3) is 0.400. The SMILES string of the molecule is NC(=NCC1(c2ccc(Br)cc2)CCCC1)NCCc1ccccn1. The van der Waals surface area contributed by atoms with Gasteiger partial charge >= 0.3 is 0 Å². The zero-order valence-electron chi connectivity index (χ0n) is 14.4. The quantitative estimate of drug-likeness (QED) is 0.572. The average Bonchev–Trinajstić information content (AvgIpc) is 3.12. The summed E-state index contributed by atoms with van der Waals surface area (Å²) in [5.41, 5.74) is 8.65. The molecule has 1 heterocycles. The van der Waals surface area contributed by atoms with Crippen LogP contribution in [-0.2, 0) is 11.8 Å². The third-order valence-corrected chi connectivity index (χ3v) is 5.51. The van der Waals surface area contributed by atoms with E-state index in [2.05, 4.69) is 55.5 Å². The van der Waals surface area contributed by atoms with Crippen molar-refractivity contribution in [2.24, 2.45) is 10.7 Å². The van der Waals surface area contributed by atoms with Gasteiger partial charge in [0.25, 0.3) is 0 Å². The molecule has 2 aromatic rings. The number of pyridine rings is 1. The molecule has 1 aliphatic rings. The fourth-order valence-electron chi connectivity index (χ4n) is 3.55. The lowest BCUT2D eigenvalue weighted by Gasteiger charge is -2.28. The van der Waals surface area contributed by atoms with Crippen LogP contribution in [0, 0.1) is 0 Å². The molecule has 3 N–H and O–H groups in total. The van der Waals surface area contributed by atoms with Crippen molar-refractivity contribution in [3.8, 4) is 0 Å². The van der Waals surface area contributed by atoms with Crippen LogP contribution < -0.4 is 11.1 Å². The zero-order chi connectivity index (χ0) is 17.5. The molecular formula is C20H25BrN4. The topological polar surface area (TPSA) is 63.3 Å². The van der Waals surface area contributed by atoms with E-state index in [0.717, 1.165) is 29.7 Å². The average molecular weight is 401 g/mol. The number of guanidine groups is 1. The van der Waals surface area contributed by atoms with Gasteiger partial charge in [0, 0.05) is 34.7 Å². The minimum absolute atomic E-state index is 0.133. The number of nitrogens with two attached hydrogens (primary N) is 1. The molecule has 0 aliphatic heterocycles. The van der Waals surface area contributed by atoms with Gasteiger partial charge in [-0.15, -0.1) is 0 Å². The Hall–Kier alpha value is -1.88. The molecule has 5 heteroatoms. The van der Waals surface area contributed by atoms with E-state index in [-0.39, 0.29) is 5.41 Å². The molecule has 1 fully saturated rings. The molecular weight excluding hydrogens is 376 g/mol. The lowest BCUT2D eigenvalue weighted by molar-refractivity contribution is 0.453. The van der Waals surface area contributed by atoms with E-state index in [1.165, 1.54) is 31.2 Å². The van der Waals surface area contributed by atoms with E-state index in [0.29, 0.717) is 5.96 Å². The molecule has 0 radical (unpaired) electrons. The number of nitrogens with one attached hydrogen (secondary N) is 1. The number of rotatable bonds is 6. The van der Waals surface area contributed by atoms with Crippen LogP contribution in [-0.4, -0.2) is 24.0 Å². The molecule has 0 saturated heterocycles. The molecule has 3 rings (SSSR count). The first kappa shape index (κ1) is 17.9. The summed E-state index contributed by atoms with van der Waals surface area (Å²) in [6, 6.07) is 14.6. The van der Waals surface area contributed by atoms with E-state index in [9.17, 15) is 0 Å². The molecule has 132 valence electrons. The maximum Gasteiger partial charge on any atom is 0.188 e. The smallest absolute Gasteiger partial charge is 0.188 e. The van der Waals surface area contributed by atoms with Crippen molar-refractivity contribution < 1.29 is 0 Å². The van der Waals surface area contributed by atoms with E-state index >= 15 is 0 Å². The first-order chi connectivity index (χ1) is 12.2. The number of halogens is 1. The van der Waals surface area contributed by atoms with Crippen LogP contribution >= 0.6 is 15.9 Å². The normalized spacial score (nSPS) is 16.8. The summed E-state index contributed by atoms with van der Waals surface area (Å²) in [6.07, 6.45) is 7.54. The summed E-state index contributed by atoms with van der Waals surface area (Å²) in [7, 11) is 0. The summed E-state index contributed by atoms with van der Waals surface area (Å²) in [4.78, 5) is 8.98. The molecule has 1 aromatic heterocycles. The van der Waals surface area contributed by atoms with Gasteiger partial charge in [-0.2, -0.15) is 0 Å². The van der Waals surface area contributed by atoms with E-state index < -0.39 is 0 Å². The molecule has 1 aliphatic carbocycles. The maximum absolute atomic E-state index is 6.09. The van der Waals surface area contributed by atoms with Gasteiger partial charge in [-0.05, 0) is 42.7 Å². The highest BCUT2D eigenvalue weighted by atomic mass is 79.9. The second kappa shape index (κ2) is 8.48. The molecule has 0 unspecified atom stereocenters. The Balaban J connectivity index is 1.58. The Morgan fingerprint density at radius 2 is 1.92 bits per heavy atom. The third-order valence-electron chi connectivity index (χ3n) is 4.98. The van der Waals surface area contributed by atoms with Crippen molar-refractivity contribution in [3.63, 3.8) is 0 Å². The Kier molecular flexibility index (Phi) is 6.08. The third kappa shape index (κ3) is 4.82. The minimum atomic E-state index is 0.133. The molecule has 0 amide bonds. The van der Waals surface area contributed by atoms with Crippen molar-refractivity contribution in [2.45, 2.75) is 37.5 Å². The lowest BCUT2D eigenvalue weighted by atomic mass is 9.79. The van der Waals surface area contributed by atoms with Crippen molar-refractivity contribution in [2.75, 3.05) is 13.1 Å². The summed E-state index contributed by atoms with van der Waals surface area (Å²) in [5, 5.41) is 3.21. The number of benzene rings is 1. The summed E-state index contributed by atoms with van der Waals surface area (Å²) in [6.45, 7) is 1.49. The van der Waals surface area contributed by atoms with E-state index in [4.69, 9.17) is 5.73 Å². The second-order valence-corrected chi connectivity index (χ2v) is 7.61. The van der Waals surface area contributed by atoms with Gasteiger partial charge in [-0.3, -0.25) is 9.98 Å². The van der Waals surface area contributed by atoms with Gasteiger partial charge in [0.05, 0.1) is 6.54 Å². The minimum Gasteiger partial charge on any atom is -0.370 e. The molecule has 1 aromatic carbocycles. The Morgan fingerprint density at radius 1 is 1.16 bits per heavy atom. The van der Waals surface area contributed by atoms with Crippen LogP contribution in [0.15, 0.2) is 58.1 Å². The zero-order valence-corrected chi connectivity index (χ0v) is 16.0. The fourth-order valence-corrected chi connectivity index (χ4v) is 3.81. The predicted octanol–water partition coefficient (Wildman–Crippen LogP) is 3.80. The van der Waals surface area contributed by atoms with Crippen molar-refractivity contribution in [3.05, 3.63) is 64.4 Å². The highest BCUT2D eigenvalue weighted by molar-refractivity contribution is 9.10.